The largest absolute Gasteiger partial charge is 0.481 e. The average molecular weight is 146 g/mol. The summed E-state index contributed by atoms with van der Waals surface area (Å²) in [4.78, 5) is 10.4. The van der Waals surface area contributed by atoms with Crippen molar-refractivity contribution < 1.29 is 15.0 Å². The van der Waals surface area contributed by atoms with Gasteiger partial charge >= 0.3 is 5.97 Å². The van der Waals surface area contributed by atoms with Gasteiger partial charge in [-0.05, 0) is 12.8 Å². The van der Waals surface area contributed by atoms with E-state index in [-0.39, 0.29) is 0 Å². The molecule has 0 fully saturated rings. The summed E-state index contributed by atoms with van der Waals surface area (Å²) in [5.41, 5.74) is 0. The van der Waals surface area contributed by atoms with Crippen LogP contribution in [0, 0.1) is 5.92 Å². The van der Waals surface area contributed by atoms with Crippen molar-refractivity contribution in [2.24, 2.45) is 5.92 Å². The maximum Gasteiger partial charge on any atom is 0.309 e. The van der Waals surface area contributed by atoms with Gasteiger partial charge in [-0.25, -0.2) is 0 Å². The van der Waals surface area contributed by atoms with Crippen molar-refractivity contribution in [1.29, 1.82) is 0 Å². The molecule has 60 valence electrons. The highest BCUT2D eigenvalue weighted by Crippen LogP contribution is 2.11. The van der Waals surface area contributed by atoms with Crippen molar-refractivity contribution in [1.82, 2.24) is 0 Å². The number of carboxylic acids is 1. The molecule has 0 aromatic rings. The Bertz CT molecular complexity index is 111. The topological polar surface area (TPSA) is 57.5 Å². The van der Waals surface area contributed by atoms with Crippen molar-refractivity contribution in [2.75, 3.05) is 0 Å². The fourth-order valence-electron chi connectivity index (χ4n) is 0.896. The first-order valence-corrected chi connectivity index (χ1v) is 3.54. The van der Waals surface area contributed by atoms with Crippen LogP contribution >= 0.6 is 0 Å². The fourth-order valence-corrected chi connectivity index (χ4v) is 0.896. The zero-order valence-electron chi connectivity index (χ0n) is 6.37. The molecule has 0 aliphatic carbocycles. The Balaban J connectivity index is 3.92. The van der Waals surface area contributed by atoms with Crippen LogP contribution in [0.2, 0.25) is 0 Å². The monoisotopic (exact) mass is 146 g/mol. The average Bonchev–Trinajstić information content (AvgIpc) is 1.88. The van der Waals surface area contributed by atoms with Crippen LogP contribution < -0.4 is 0 Å². The Hall–Kier alpha value is -0.570. The van der Waals surface area contributed by atoms with E-state index in [9.17, 15) is 4.79 Å². The molecule has 0 aliphatic heterocycles. The minimum atomic E-state index is -0.906. The molecule has 0 unspecified atom stereocenters. The van der Waals surface area contributed by atoms with Crippen LogP contribution in [-0.4, -0.2) is 22.3 Å². The number of rotatable bonds is 4. The summed E-state index contributed by atoms with van der Waals surface area (Å²) >= 11 is 0. The number of carboxylic acid groups (broad SMARTS) is 1. The summed E-state index contributed by atoms with van der Waals surface area (Å²) in [5, 5.41) is 17.6. The van der Waals surface area contributed by atoms with E-state index in [4.69, 9.17) is 10.2 Å². The van der Waals surface area contributed by atoms with Crippen LogP contribution in [0.25, 0.3) is 0 Å². The summed E-state index contributed by atoms with van der Waals surface area (Å²) in [5.74, 6) is -1.50. The predicted octanol–water partition coefficient (Wildman–Crippen LogP) is 0.868. The molecule has 0 aromatic heterocycles. The van der Waals surface area contributed by atoms with E-state index >= 15 is 0 Å². The van der Waals surface area contributed by atoms with E-state index in [0.29, 0.717) is 12.8 Å². The number of aliphatic hydroxyl groups is 1. The number of hydrogen-bond acceptors (Lipinski definition) is 2. The molecule has 0 aliphatic rings. The number of carbonyl (C=O) groups is 1. The molecule has 0 aromatic carbocycles. The Labute approximate surface area is 60.7 Å². The highest BCUT2D eigenvalue weighted by Gasteiger charge is 2.22. The lowest BCUT2D eigenvalue weighted by Crippen LogP contribution is -2.26. The molecule has 0 spiro atoms. The molecule has 3 nitrogen and oxygen atoms in total. The van der Waals surface area contributed by atoms with E-state index in [2.05, 4.69) is 0 Å². The zero-order valence-corrected chi connectivity index (χ0v) is 6.37. The second-order valence-corrected chi connectivity index (χ2v) is 2.33. The van der Waals surface area contributed by atoms with Gasteiger partial charge in [0.2, 0.25) is 0 Å². The van der Waals surface area contributed by atoms with Crippen molar-refractivity contribution >= 4 is 5.97 Å². The van der Waals surface area contributed by atoms with Crippen LogP contribution in [0.1, 0.15) is 26.7 Å². The first kappa shape index (κ1) is 9.43. The first-order valence-electron chi connectivity index (χ1n) is 3.54. The van der Waals surface area contributed by atoms with E-state index in [1.165, 1.54) is 0 Å². The fraction of sp³-hybridized carbons (Fsp3) is 0.857. The maximum absolute atomic E-state index is 10.4. The highest BCUT2D eigenvalue weighted by atomic mass is 16.4. The van der Waals surface area contributed by atoms with Crippen LogP contribution in [-0.2, 0) is 4.79 Å². The number of aliphatic hydroxyl groups excluding tert-OH is 1. The third kappa shape index (κ3) is 2.35. The maximum atomic E-state index is 10.4. The molecule has 2 N–H and O–H groups in total. The van der Waals surface area contributed by atoms with Crippen molar-refractivity contribution in [3.8, 4) is 0 Å². The van der Waals surface area contributed by atoms with Gasteiger partial charge in [-0.2, -0.15) is 0 Å². The molecule has 0 rings (SSSR count). The van der Waals surface area contributed by atoms with Crippen molar-refractivity contribution in [3.05, 3.63) is 0 Å². The molecule has 0 radical (unpaired) electrons. The summed E-state index contributed by atoms with van der Waals surface area (Å²) in [7, 11) is 0. The highest BCUT2D eigenvalue weighted by molar-refractivity contribution is 5.70. The molecule has 0 heterocycles. The number of hydrogen-bond donors (Lipinski definition) is 2. The Morgan fingerprint density at radius 1 is 1.40 bits per heavy atom. The van der Waals surface area contributed by atoms with Gasteiger partial charge in [0, 0.05) is 0 Å². The van der Waals surface area contributed by atoms with Gasteiger partial charge in [-0.3, -0.25) is 4.79 Å². The van der Waals surface area contributed by atoms with E-state index in [1.54, 1.807) is 13.8 Å². The van der Waals surface area contributed by atoms with Crippen LogP contribution in [0.4, 0.5) is 0 Å². The van der Waals surface area contributed by atoms with E-state index < -0.39 is 18.0 Å². The lowest BCUT2D eigenvalue weighted by molar-refractivity contribution is -0.145. The Morgan fingerprint density at radius 2 is 1.90 bits per heavy atom. The second-order valence-electron chi connectivity index (χ2n) is 2.33. The Kier molecular flexibility index (Phi) is 4.03. The predicted molar refractivity (Wildman–Crippen MR) is 37.7 cm³/mol. The normalized spacial score (nSPS) is 16.3. The minimum Gasteiger partial charge on any atom is -0.481 e. The number of aliphatic carboxylic acids is 1. The van der Waals surface area contributed by atoms with Crippen LogP contribution in [0.5, 0.6) is 0 Å². The van der Waals surface area contributed by atoms with Gasteiger partial charge in [-0.1, -0.05) is 13.8 Å². The quantitative estimate of drug-likeness (QED) is 0.618. The Morgan fingerprint density at radius 3 is 2.00 bits per heavy atom. The molecular weight excluding hydrogens is 132 g/mol. The second kappa shape index (κ2) is 4.28. The molecule has 0 bridgehead atoms. The SMILES string of the molecule is CC[C@@H](O)[C@@H](CC)C(=O)O. The smallest absolute Gasteiger partial charge is 0.309 e. The molecule has 0 saturated heterocycles. The molecule has 0 saturated carbocycles. The lowest BCUT2D eigenvalue weighted by atomic mass is 9.98. The van der Waals surface area contributed by atoms with Crippen LogP contribution in [0.3, 0.4) is 0 Å². The van der Waals surface area contributed by atoms with Gasteiger partial charge < -0.3 is 10.2 Å². The van der Waals surface area contributed by atoms with Gasteiger partial charge in [0.05, 0.1) is 12.0 Å². The van der Waals surface area contributed by atoms with E-state index in [0.717, 1.165) is 0 Å². The third-order valence-corrected chi connectivity index (χ3v) is 1.64. The van der Waals surface area contributed by atoms with Crippen molar-refractivity contribution in [2.45, 2.75) is 32.8 Å². The van der Waals surface area contributed by atoms with Gasteiger partial charge in [0.15, 0.2) is 0 Å². The molecular formula is C7H14O3. The van der Waals surface area contributed by atoms with Gasteiger partial charge in [0.25, 0.3) is 0 Å². The molecule has 2 atom stereocenters. The standard InChI is InChI=1S/C7H14O3/c1-3-5(7(9)10)6(8)4-2/h5-6,8H,3-4H2,1-2H3,(H,9,10)/t5-,6-/m1/s1. The summed E-state index contributed by atoms with van der Waals surface area (Å²) in [6, 6.07) is 0. The minimum absolute atomic E-state index is 0.490. The summed E-state index contributed by atoms with van der Waals surface area (Å²) in [6.45, 7) is 3.54. The zero-order chi connectivity index (χ0) is 8.15. The molecule has 0 amide bonds. The van der Waals surface area contributed by atoms with Gasteiger partial charge in [0.1, 0.15) is 0 Å². The third-order valence-electron chi connectivity index (χ3n) is 1.64. The van der Waals surface area contributed by atoms with E-state index in [1.807, 2.05) is 0 Å². The van der Waals surface area contributed by atoms with Gasteiger partial charge in [-0.15, -0.1) is 0 Å². The first-order chi connectivity index (χ1) is 4.63. The lowest BCUT2D eigenvalue weighted by Gasteiger charge is -2.14. The van der Waals surface area contributed by atoms with Crippen molar-refractivity contribution in [3.63, 3.8) is 0 Å². The molecule has 10 heavy (non-hydrogen) atoms. The van der Waals surface area contributed by atoms with Crippen LogP contribution in [0.15, 0.2) is 0 Å². The summed E-state index contributed by atoms with van der Waals surface area (Å²) < 4.78 is 0. The molecule has 3 heteroatoms. The summed E-state index contributed by atoms with van der Waals surface area (Å²) in [6.07, 6.45) is 0.303.